The lowest BCUT2D eigenvalue weighted by Gasteiger charge is -2.36. The van der Waals surface area contributed by atoms with Crippen molar-refractivity contribution in [2.45, 2.75) is 13.8 Å². The minimum absolute atomic E-state index is 0.112. The third-order valence-electron chi connectivity index (χ3n) is 4.72. The number of halogens is 1. The zero-order valence-corrected chi connectivity index (χ0v) is 14.8. The highest BCUT2D eigenvalue weighted by molar-refractivity contribution is 5.81. The van der Waals surface area contributed by atoms with E-state index in [1.807, 2.05) is 36.9 Å². The van der Waals surface area contributed by atoms with Gasteiger partial charge in [0.15, 0.2) is 0 Å². The molecule has 1 heterocycles. The smallest absolute Gasteiger partial charge is 0.241 e. The average Bonchev–Trinajstić information content (AvgIpc) is 2.62. The molecule has 5 heteroatoms. The molecule has 0 radical (unpaired) electrons. The van der Waals surface area contributed by atoms with Gasteiger partial charge in [-0.2, -0.15) is 0 Å². The van der Waals surface area contributed by atoms with Crippen molar-refractivity contribution in [3.8, 4) is 0 Å². The largest absolute Gasteiger partial charge is 0.376 e. The number of carbonyl (C=O) groups excluding carboxylic acids is 1. The highest BCUT2D eigenvalue weighted by Crippen LogP contribution is 2.20. The Bertz CT molecular complexity index is 717. The molecular formula is C20H24FN3O. The first kappa shape index (κ1) is 17.3. The van der Waals surface area contributed by atoms with Crippen LogP contribution in [0.15, 0.2) is 42.5 Å². The summed E-state index contributed by atoms with van der Waals surface area (Å²) in [6.07, 6.45) is 0. The van der Waals surface area contributed by atoms with Crippen LogP contribution < -0.4 is 10.2 Å². The van der Waals surface area contributed by atoms with E-state index >= 15 is 0 Å². The molecule has 0 bridgehead atoms. The van der Waals surface area contributed by atoms with E-state index in [0.717, 1.165) is 35.6 Å². The normalized spacial score (nSPS) is 14.5. The van der Waals surface area contributed by atoms with E-state index in [1.165, 1.54) is 12.1 Å². The van der Waals surface area contributed by atoms with Gasteiger partial charge in [-0.1, -0.05) is 18.2 Å². The molecule has 1 N–H and O–H groups in total. The van der Waals surface area contributed by atoms with Gasteiger partial charge in [-0.25, -0.2) is 4.39 Å². The van der Waals surface area contributed by atoms with Gasteiger partial charge in [0.05, 0.1) is 6.54 Å². The Labute approximate surface area is 148 Å². The molecule has 1 amide bonds. The summed E-state index contributed by atoms with van der Waals surface area (Å²) in [5.41, 5.74) is 4.34. The number of nitrogens with zero attached hydrogens (tertiary/aromatic N) is 2. The van der Waals surface area contributed by atoms with Gasteiger partial charge in [-0.05, 0) is 49.2 Å². The summed E-state index contributed by atoms with van der Waals surface area (Å²) in [6.45, 7) is 7.29. The van der Waals surface area contributed by atoms with Crippen LogP contribution in [-0.2, 0) is 4.79 Å². The van der Waals surface area contributed by atoms with Crippen LogP contribution in [0.3, 0.4) is 0 Å². The Morgan fingerprint density at radius 1 is 1.00 bits per heavy atom. The molecule has 3 rings (SSSR count). The molecule has 4 nitrogen and oxygen atoms in total. The first-order chi connectivity index (χ1) is 12.0. The van der Waals surface area contributed by atoms with Crippen molar-refractivity contribution in [2.24, 2.45) is 0 Å². The number of amides is 1. The second kappa shape index (κ2) is 7.55. The molecule has 0 saturated carbocycles. The second-order valence-corrected chi connectivity index (χ2v) is 6.46. The molecule has 0 aliphatic carbocycles. The summed E-state index contributed by atoms with van der Waals surface area (Å²) in [7, 11) is 0. The molecule has 2 aromatic carbocycles. The minimum atomic E-state index is -0.227. The Kier molecular flexibility index (Phi) is 5.22. The lowest BCUT2D eigenvalue weighted by Crippen LogP contribution is -2.50. The summed E-state index contributed by atoms with van der Waals surface area (Å²) in [6, 6.07) is 12.6. The fourth-order valence-electron chi connectivity index (χ4n) is 3.24. The van der Waals surface area contributed by atoms with Crippen molar-refractivity contribution in [3.05, 3.63) is 59.4 Å². The maximum Gasteiger partial charge on any atom is 0.241 e. The molecule has 1 aliphatic rings. The number of anilines is 2. The van der Waals surface area contributed by atoms with E-state index < -0.39 is 0 Å². The van der Waals surface area contributed by atoms with Crippen LogP contribution in [0, 0.1) is 19.7 Å². The van der Waals surface area contributed by atoms with Gasteiger partial charge >= 0.3 is 0 Å². The van der Waals surface area contributed by atoms with Gasteiger partial charge < -0.3 is 15.1 Å². The van der Waals surface area contributed by atoms with Crippen molar-refractivity contribution < 1.29 is 9.18 Å². The lowest BCUT2D eigenvalue weighted by atomic mass is 10.1. The molecule has 1 saturated heterocycles. The monoisotopic (exact) mass is 341 g/mol. The Morgan fingerprint density at radius 2 is 1.60 bits per heavy atom. The summed E-state index contributed by atoms with van der Waals surface area (Å²) >= 11 is 0. The Balaban J connectivity index is 1.52. The quantitative estimate of drug-likeness (QED) is 0.928. The van der Waals surface area contributed by atoms with Crippen LogP contribution >= 0.6 is 0 Å². The van der Waals surface area contributed by atoms with Gasteiger partial charge in [0.1, 0.15) is 5.82 Å². The van der Waals surface area contributed by atoms with Crippen LogP contribution in [0.5, 0.6) is 0 Å². The highest BCUT2D eigenvalue weighted by atomic mass is 19.1. The van der Waals surface area contributed by atoms with E-state index in [4.69, 9.17) is 0 Å². The second-order valence-electron chi connectivity index (χ2n) is 6.46. The van der Waals surface area contributed by atoms with Gasteiger partial charge in [-0.3, -0.25) is 4.79 Å². The van der Waals surface area contributed by atoms with E-state index in [9.17, 15) is 9.18 Å². The molecule has 0 atom stereocenters. The molecule has 1 fully saturated rings. The van der Waals surface area contributed by atoms with E-state index in [-0.39, 0.29) is 11.7 Å². The van der Waals surface area contributed by atoms with Crippen LogP contribution in [0.25, 0.3) is 0 Å². The van der Waals surface area contributed by atoms with Crippen molar-refractivity contribution in [1.29, 1.82) is 0 Å². The number of hydrogen-bond donors (Lipinski definition) is 1. The molecule has 132 valence electrons. The van der Waals surface area contributed by atoms with Crippen molar-refractivity contribution in [3.63, 3.8) is 0 Å². The van der Waals surface area contributed by atoms with Crippen LogP contribution in [0.4, 0.5) is 15.8 Å². The molecular weight excluding hydrogens is 317 g/mol. The van der Waals surface area contributed by atoms with E-state index in [0.29, 0.717) is 19.6 Å². The third kappa shape index (κ3) is 4.10. The summed E-state index contributed by atoms with van der Waals surface area (Å²) < 4.78 is 13.0. The maximum atomic E-state index is 13.0. The molecule has 0 aromatic heterocycles. The van der Waals surface area contributed by atoms with Crippen LogP contribution in [0.1, 0.15) is 11.1 Å². The minimum Gasteiger partial charge on any atom is -0.376 e. The molecule has 0 unspecified atom stereocenters. The zero-order valence-electron chi connectivity index (χ0n) is 14.8. The lowest BCUT2D eigenvalue weighted by molar-refractivity contribution is -0.129. The van der Waals surface area contributed by atoms with Crippen molar-refractivity contribution in [1.82, 2.24) is 4.90 Å². The van der Waals surface area contributed by atoms with E-state index in [1.54, 1.807) is 12.1 Å². The number of piperazine rings is 1. The Morgan fingerprint density at radius 3 is 2.20 bits per heavy atom. The number of carbonyl (C=O) groups is 1. The number of benzene rings is 2. The fourth-order valence-corrected chi connectivity index (χ4v) is 3.24. The molecule has 1 aliphatic heterocycles. The predicted octanol–water partition coefficient (Wildman–Crippen LogP) is 3.20. The number of rotatable bonds is 4. The van der Waals surface area contributed by atoms with Gasteiger partial charge in [-0.15, -0.1) is 0 Å². The zero-order chi connectivity index (χ0) is 17.8. The first-order valence-electron chi connectivity index (χ1n) is 8.63. The number of aryl methyl sites for hydroxylation is 2. The summed E-state index contributed by atoms with van der Waals surface area (Å²) in [4.78, 5) is 16.5. The van der Waals surface area contributed by atoms with Crippen LogP contribution in [-0.4, -0.2) is 43.5 Å². The molecule has 2 aromatic rings. The standard InChI is InChI=1S/C20H24FN3O/c1-15-4-3-5-16(2)20(15)22-14-19(25)24-12-10-23(11-13-24)18-8-6-17(21)7-9-18/h3-9,22H,10-14H2,1-2H3. The van der Waals surface area contributed by atoms with Crippen molar-refractivity contribution >= 4 is 17.3 Å². The van der Waals surface area contributed by atoms with Crippen molar-refractivity contribution in [2.75, 3.05) is 42.9 Å². The molecule has 0 spiro atoms. The maximum absolute atomic E-state index is 13.0. The number of hydrogen-bond acceptors (Lipinski definition) is 3. The first-order valence-corrected chi connectivity index (χ1v) is 8.63. The molecule has 25 heavy (non-hydrogen) atoms. The third-order valence-corrected chi connectivity index (χ3v) is 4.72. The SMILES string of the molecule is Cc1cccc(C)c1NCC(=O)N1CCN(c2ccc(F)cc2)CC1. The number of nitrogens with one attached hydrogen (secondary N) is 1. The van der Waals surface area contributed by atoms with Gasteiger partial charge in [0.2, 0.25) is 5.91 Å². The summed E-state index contributed by atoms with van der Waals surface area (Å²) in [5.74, 6) is -0.114. The van der Waals surface area contributed by atoms with Gasteiger partial charge in [0.25, 0.3) is 0 Å². The van der Waals surface area contributed by atoms with Crippen LogP contribution in [0.2, 0.25) is 0 Å². The fraction of sp³-hybridized carbons (Fsp3) is 0.350. The average molecular weight is 341 g/mol. The predicted molar refractivity (Wildman–Crippen MR) is 99.6 cm³/mol. The van der Waals surface area contributed by atoms with Gasteiger partial charge in [0, 0.05) is 37.6 Å². The topological polar surface area (TPSA) is 35.6 Å². The van der Waals surface area contributed by atoms with E-state index in [2.05, 4.69) is 10.2 Å². The number of para-hydroxylation sites is 1. The highest BCUT2D eigenvalue weighted by Gasteiger charge is 2.21. The Hall–Kier alpha value is -2.56. The summed E-state index contributed by atoms with van der Waals surface area (Å²) in [5, 5.41) is 3.28.